The molecule has 0 radical (unpaired) electrons. The highest BCUT2D eigenvalue weighted by molar-refractivity contribution is 6.33. The summed E-state index contributed by atoms with van der Waals surface area (Å²) in [5, 5.41) is 9.75. The molecule has 21 heavy (non-hydrogen) atoms. The molecule has 0 aliphatic rings. The van der Waals surface area contributed by atoms with E-state index in [0.717, 1.165) is 22.2 Å². The number of halogens is 1. The number of aryl methyl sites for hydroxylation is 2. The van der Waals surface area contributed by atoms with E-state index in [0.29, 0.717) is 10.7 Å². The van der Waals surface area contributed by atoms with Crippen LogP contribution in [0.15, 0.2) is 36.7 Å². The molecule has 0 bridgehead atoms. The number of hydrogen-bond donors (Lipinski definition) is 1. The molecule has 0 amide bonds. The molecule has 5 heteroatoms. The molecule has 0 unspecified atom stereocenters. The zero-order chi connectivity index (χ0) is 15.1. The lowest BCUT2D eigenvalue weighted by Gasteiger charge is -2.11. The number of benzene rings is 2. The van der Waals surface area contributed by atoms with Crippen LogP contribution in [0.4, 0.5) is 0 Å². The third-order valence-electron chi connectivity index (χ3n) is 3.62. The molecule has 0 atom stereocenters. The smallest absolute Gasteiger partial charge is 0.337 e. The van der Waals surface area contributed by atoms with Crippen molar-refractivity contribution in [2.45, 2.75) is 13.8 Å². The van der Waals surface area contributed by atoms with Gasteiger partial charge >= 0.3 is 5.97 Å². The first kappa shape index (κ1) is 13.6. The van der Waals surface area contributed by atoms with E-state index in [2.05, 4.69) is 4.98 Å². The van der Waals surface area contributed by atoms with Crippen LogP contribution >= 0.6 is 11.6 Å². The molecule has 2 aromatic carbocycles. The van der Waals surface area contributed by atoms with Crippen LogP contribution in [0.2, 0.25) is 5.02 Å². The van der Waals surface area contributed by atoms with Crippen LogP contribution in [-0.2, 0) is 0 Å². The molecule has 0 aliphatic heterocycles. The van der Waals surface area contributed by atoms with Crippen LogP contribution in [0.1, 0.15) is 21.5 Å². The molecule has 1 heterocycles. The van der Waals surface area contributed by atoms with Gasteiger partial charge in [0.05, 0.1) is 27.3 Å². The van der Waals surface area contributed by atoms with Gasteiger partial charge in [-0.15, -0.1) is 0 Å². The van der Waals surface area contributed by atoms with Crippen LogP contribution in [0.5, 0.6) is 0 Å². The molecular formula is C16H13ClN2O2. The van der Waals surface area contributed by atoms with E-state index in [9.17, 15) is 9.90 Å². The SMILES string of the molecule is Cc1cc2ncn(-c3c(Cl)cccc3C(=O)O)c2cc1C. The second-order valence-corrected chi connectivity index (χ2v) is 5.39. The Labute approximate surface area is 126 Å². The number of rotatable bonds is 2. The molecule has 0 spiro atoms. The van der Waals surface area contributed by atoms with E-state index < -0.39 is 5.97 Å². The Morgan fingerprint density at radius 1 is 1.24 bits per heavy atom. The number of nitrogens with zero attached hydrogens (tertiary/aromatic N) is 2. The van der Waals surface area contributed by atoms with Crippen molar-refractivity contribution in [3.05, 3.63) is 58.4 Å². The topological polar surface area (TPSA) is 55.1 Å². The van der Waals surface area contributed by atoms with Crippen molar-refractivity contribution in [3.63, 3.8) is 0 Å². The van der Waals surface area contributed by atoms with Crippen LogP contribution in [-0.4, -0.2) is 20.6 Å². The second-order valence-electron chi connectivity index (χ2n) is 4.98. The van der Waals surface area contributed by atoms with E-state index in [1.165, 1.54) is 6.07 Å². The first-order valence-corrected chi connectivity index (χ1v) is 6.83. The third kappa shape index (κ3) is 2.17. The standard InChI is InChI=1S/C16H13ClN2O2/c1-9-6-13-14(7-10(9)2)19(8-18-13)15-11(16(20)21)4-3-5-12(15)17/h3-8H,1-2H3,(H,20,21). The summed E-state index contributed by atoms with van der Waals surface area (Å²) in [7, 11) is 0. The maximum atomic E-state index is 11.4. The number of imidazole rings is 1. The molecule has 0 fully saturated rings. The van der Waals surface area contributed by atoms with E-state index in [1.807, 2.05) is 26.0 Å². The van der Waals surface area contributed by atoms with Crippen LogP contribution < -0.4 is 0 Å². The molecule has 106 valence electrons. The lowest BCUT2D eigenvalue weighted by atomic mass is 10.1. The van der Waals surface area contributed by atoms with Gasteiger partial charge in [-0.05, 0) is 49.2 Å². The summed E-state index contributed by atoms with van der Waals surface area (Å²) in [6.45, 7) is 4.03. The number of aromatic nitrogens is 2. The molecule has 0 aliphatic carbocycles. The van der Waals surface area contributed by atoms with Gasteiger partial charge in [0.2, 0.25) is 0 Å². The third-order valence-corrected chi connectivity index (χ3v) is 3.93. The largest absolute Gasteiger partial charge is 0.478 e. The first-order valence-electron chi connectivity index (χ1n) is 6.45. The summed E-state index contributed by atoms with van der Waals surface area (Å²) in [6, 6.07) is 8.82. The van der Waals surface area contributed by atoms with E-state index in [4.69, 9.17) is 11.6 Å². The van der Waals surface area contributed by atoms with E-state index in [1.54, 1.807) is 23.0 Å². The van der Waals surface area contributed by atoms with Gasteiger partial charge in [-0.3, -0.25) is 4.57 Å². The number of carboxylic acids is 1. The van der Waals surface area contributed by atoms with Gasteiger partial charge < -0.3 is 5.11 Å². The van der Waals surface area contributed by atoms with E-state index in [-0.39, 0.29) is 5.56 Å². The quantitative estimate of drug-likeness (QED) is 0.778. The van der Waals surface area contributed by atoms with Crippen molar-refractivity contribution in [1.29, 1.82) is 0 Å². The zero-order valence-electron chi connectivity index (χ0n) is 11.6. The Bertz CT molecular complexity index is 868. The summed E-state index contributed by atoms with van der Waals surface area (Å²) in [5.41, 5.74) is 4.51. The Hall–Kier alpha value is -2.33. The molecule has 3 rings (SSSR count). The van der Waals surface area contributed by atoms with Crippen molar-refractivity contribution >= 4 is 28.6 Å². The molecule has 1 N–H and O–H groups in total. The van der Waals surface area contributed by atoms with Crippen molar-refractivity contribution in [2.75, 3.05) is 0 Å². The van der Waals surface area contributed by atoms with Crippen molar-refractivity contribution < 1.29 is 9.90 Å². The van der Waals surface area contributed by atoms with Gasteiger partial charge in [-0.2, -0.15) is 0 Å². The number of para-hydroxylation sites is 1. The normalized spacial score (nSPS) is 11.0. The van der Waals surface area contributed by atoms with Crippen molar-refractivity contribution in [1.82, 2.24) is 9.55 Å². The predicted octanol–water partition coefficient (Wildman–Crippen LogP) is 3.99. The van der Waals surface area contributed by atoms with Crippen LogP contribution in [0.25, 0.3) is 16.7 Å². The van der Waals surface area contributed by atoms with Gasteiger partial charge in [0.1, 0.15) is 6.33 Å². The van der Waals surface area contributed by atoms with Crippen LogP contribution in [0.3, 0.4) is 0 Å². The first-order chi connectivity index (χ1) is 9.99. The summed E-state index contributed by atoms with van der Waals surface area (Å²) >= 11 is 6.22. The Morgan fingerprint density at radius 3 is 2.67 bits per heavy atom. The van der Waals surface area contributed by atoms with Gasteiger partial charge in [-0.25, -0.2) is 9.78 Å². The minimum Gasteiger partial charge on any atom is -0.478 e. The Morgan fingerprint density at radius 2 is 1.95 bits per heavy atom. The average molecular weight is 301 g/mol. The highest BCUT2D eigenvalue weighted by Crippen LogP contribution is 2.29. The molecular weight excluding hydrogens is 288 g/mol. The fourth-order valence-corrected chi connectivity index (χ4v) is 2.64. The lowest BCUT2D eigenvalue weighted by molar-refractivity contribution is 0.0697. The number of fused-ring (bicyclic) bond motifs is 1. The fraction of sp³-hybridized carbons (Fsp3) is 0.125. The predicted molar refractivity (Wildman–Crippen MR) is 82.5 cm³/mol. The van der Waals surface area contributed by atoms with Crippen molar-refractivity contribution in [2.24, 2.45) is 0 Å². The fourth-order valence-electron chi connectivity index (χ4n) is 2.38. The number of carbonyl (C=O) groups is 1. The van der Waals surface area contributed by atoms with E-state index >= 15 is 0 Å². The number of aromatic carboxylic acids is 1. The monoisotopic (exact) mass is 300 g/mol. The van der Waals surface area contributed by atoms with Gasteiger partial charge in [0.25, 0.3) is 0 Å². The average Bonchev–Trinajstić information content (AvgIpc) is 2.81. The summed E-state index contributed by atoms with van der Waals surface area (Å²) in [4.78, 5) is 15.8. The summed E-state index contributed by atoms with van der Waals surface area (Å²) in [6.07, 6.45) is 1.61. The van der Waals surface area contributed by atoms with Gasteiger partial charge in [-0.1, -0.05) is 17.7 Å². The maximum absolute atomic E-state index is 11.4. The number of hydrogen-bond acceptors (Lipinski definition) is 2. The number of carboxylic acid groups (broad SMARTS) is 1. The Balaban J connectivity index is 2.36. The maximum Gasteiger partial charge on any atom is 0.337 e. The highest BCUT2D eigenvalue weighted by Gasteiger charge is 2.17. The zero-order valence-corrected chi connectivity index (χ0v) is 12.3. The molecule has 0 saturated carbocycles. The minimum atomic E-state index is -1.02. The molecule has 3 aromatic rings. The highest BCUT2D eigenvalue weighted by atomic mass is 35.5. The summed E-state index contributed by atoms with van der Waals surface area (Å²) in [5.74, 6) is -1.02. The van der Waals surface area contributed by atoms with Gasteiger partial charge in [0.15, 0.2) is 0 Å². The summed E-state index contributed by atoms with van der Waals surface area (Å²) < 4.78 is 1.73. The minimum absolute atomic E-state index is 0.153. The van der Waals surface area contributed by atoms with Crippen molar-refractivity contribution in [3.8, 4) is 5.69 Å². The molecule has 0 saturated heterocycles. The second kappa shape index (κ2) is 4.90. The van der Waals surface area contributed by atoms with Gasteiger partial charge in [0, 0.05) is 0 Å². The van der Waals surface area contributed by atoms with Crippen LogP contribution in [0, 0.1) is 13.8 Å². The Kier molecular flexibility index (Phi) is 3.18. The lowest BCUT2D eigenvalue weighted by Crippen LogP contribution is -2.05. The molecule has 4 nitrogen and oxygen atoms in total. The molecule has 1 aromatic heterocycles.